The highest BCUT2D eigenvalue weighted by Gasteiger charge is 2.42. The number of benzene rings is 1. The van der Waals surface area contributed by atoms with Crippen molar-refractivity contribution in [3.05, 3.63) is 30.3 Å². The summed E-state index contributed by atoms with van der Waals surface area (Å²) in [6.07, 6.45) is -2.69. The fraction of sp³-hybridized carbons (Fsp3) is 0.455. The van der Waals surface area contributed by atoms with Crippen molar-refractivity contribution < 1.29 is 20.1 Å². The van der Waals surface area contributed by atoms with Crippen LogP contribution in [0.3, 0.4) is 0 Å². The van der Waals surface area contributed by atoms with Gasteiger partial charge in [-0.2, -0.15) is 0 Å². The Kier molecular flexibility index (Phi) is 3.83. The second-order valence-corrected chi connectivity index (χ2v) is 4.81. The van der Waals surface area contributed by atoms with Crippen molar-refractivity contribution in [2.45, 2.75) is 28.6 Å². The van der Waals surface area contributed by atoms with E-state index in [4.69, 9.17) is 9.84 Å². The molecule has 1 fully saturated rings. The van der Waals surface area contributed by atoms with Crippen molar-refractivity contribution in [1.82, 2.24) is 0 Å². The van der Waals surface area contributed by atoms with Crippen LogP contribution in [0.15, 0.2) is 35.2 Å². The summed E-state index contributed by atoms with van der Waals surface area (Å²) >= 11 is 1.34. The number of aliphatic hydroxyl groups excluding tert-OH is 3. The van der Waals surface area contributed by atoms with Crippen LogP contribution in [-0.2, 0) is 4.74 Å². The molecular weight excluding hydrogens is 228 g/mol. The molecule has 88 valence electrons. The van der Waals surface area contributed by atoms with Gasteiger partial charge in [0.25, 0.3) is 0 Å². The summed E-state index contributed by atoms with van der Waals surface area (Å²) in [6.45, 7) is -0.288. The average Bonchev–Trinajstić information content (AvgIpc) is 2.58. The summed E-state index contributed by atoms with van der Waals surface area (Å²) in [7, 11) is 0. The molecule has 0 spiro atoms. The predicted octanol–water partition coefficient (Wildman–Crippen LogP) is 0.218. The van der Waals surface area contributed by atoms with Gasteiger partial charge < -0.3 is 20.1 Å². The molecule has 1 aliphatic heterocycles. The molecule has 16 heavy (non-hydrogen) atoms. The highest BCUT2D eigenvalue weighted by atomic mass is 32.2. The topological polar surface area (TPSA) is 69.9 Å². The lowest BCUT2D eigenvalue weighted by atomic mass is 10.2. The Hall–Kier alpha value is -0.590. The second-order valence-electron chi connectivity index (χ2n) is 3.64. The number of aliphatic hydroxyl groups is 3. The van der Waals surface area contributed by atoms with E-state index in [0.29, 0.717) is 0 Å². The predicted molar refractivity (Wildman–Crippen MR) is 60.1 cm³/mol. The number of rotatable bonds is 3. The van der Waals surface area contributed by atoms with Crippen molar-refractivity contribution in [1.29, 1.82) is 0 Å². The first-order valence-electron chi connectivity index (χ1n) is 5.06. The van der Waals surface area contributed by atoms with Crippen molar-refractivity contribution in [2.75, 3.05) is 6.61 Å². The van der Waals surface area contributed by atoms with Gasteiger partial charge in [-0.1, -0.05) is 30.0 Å². The molecular formula is C11H14O4S. The third-order valence-corrected chi connectivity index (χ3v) is 3.66. The monoisotopic (exact) mass is 242 g/mol. The SMILES string of the molecule is OC[C@H]1O[C@@H](Sc2ccccc2)[C@H](O)[C@@H]1O. The summed E-state index contributed by atoms with van der Waals surface area (Å²) in [5.41, 5.74) is -0.533. The maximum atomic E-state index is 9.71. The Morgan fingerprint density at radius 3 is 2.38 bits per heavy atom. The molecule has 1 aromatic carbocycles. The van der Waals surface area contributed by atoms with E-state index in [1.165, 1.54) is 11.8 Å². The van der Waals surface area contributed by atoms with E-state index < -0.39 is 23.7 Å². The molecule has 0 amide bonds. The zero-order chi connectivity index (χ0) is 11.5. The molecule has 2 rings (SSSR count). The molecule has 0 unspecified atom stereocenters. The maximum absolute atomic E-state index is 9.71. The first-order chi connectivity index (χ1) is 7.72. The maximum Gasteiger partial charge on any atom is 0.136 e. The van der Waals surface area contributed by atoms with Gasteiger partial charge in [-0.25, -0.2) is 0 Å². The minimum absolute atomic E-state index is 0.288. The minimum Gasteiger partial charge on any atom is -0.394 e. The van der Waals surface area contributed by atoms with Crippen molar-refractivity contribution in [2.24, 2.45) is 0 Å². The molecule has 0 saturated carbocycles. The van der Waals surface area contributed by atoms with Crippen LogP contribution in [-0.4, -0.2) is 45.7 Å². The van der Waals surface area contributed by atoms with E-state index in [0.717, 1.165) is 4.90 Å². The fourth-order valence-electron chi connectivity index (χ4n) is 1.60. The van der Waals surface area contributed by atoms with Crippen LogP contribution in [0.5, 0.6) is 0 Å². The molecule has 1 aromatic rings. The smallest absolute Gasteiger partial charge is 0.136 e. The molecule has 4 nitrogen and oxygen atoms in total. The Morgan fingerprint density at radius 1 is 1.12 bits per heavy atom. The van der Waals surface area contributed by atoms with Crippen LogP contribution in [0.2, 0.25) is 0 Å². The number of thioether (sulfide) groups is 1. The van der Waals surface area contributed by atoms with E-state index in [1.54, 1.807) is 0 Å². The van der Waals surface area contributed by atoms with Gasteiger partial charge in [0.1, 0.15) is 23.7 Å². The van der Waals surface area contributed by atoms with Gasteiger partial charge in [0.15, 0.2) is 0 Å². The van der Waals surface area contributed by atoms with Gasteiger partial charge in [-0.05, 0) is 12.1 Å². The summed E-state index contributed by atoms with van der Waals surface area (Å²) in [5, 5.41) is 28.2. The molecule has 0 bridgehead atoms. The largest absolute Gasteiger partial charge is 0.394 e. The first-order valence-corrected chi connectivity index (χ1v) is 5.94. The Morgan fingerprint density at radius 2 is 1.81 bits per heavy atom. The van der Waals surface area contributed by atoms with Gasteiger partial charge in [-0.3, -0.25) is 0 Å². The van der Waals surface area contributed by atoms with Crippen LogP contribution < -0.4 is 0 Å². The molecule has 0 aliphatic carbocycles. The molecule has 3 N–H and O–H groups in total. The summed E-state index contributed by atoms with van der Waals surface area (Å²) in [6, 6.07) is 9.49. The van der Waals surface area contributed by atoms with Crippen LogP contribution in [0.25, 0.3) is 0 Å². The third-order valence-electron chi connectivity index (χ3n) is 2.49. The van der Waals surface area contributed by atoms with Crippen LogP contribution in [0, 0.1) is 0 Å². The molecule has 0 radical (unpaired) electrons. The van der Waals surface area contributed by atoms with Gasteiger partial charge >= 0.3 is 0 Å². The van der Waals surface area contributed by atoms with E-state index in [-0.39, 0.29) is 6.61 Å². The van der Waals surface area contributed by atoms with Crippen LogP contribution in [0.4, 0.5) is 0 Å². The molecule has 4 atom stereocenters. The van der Waals surface area contributed by atoms with E-state index in [1.807, 2.05) is 30.3 Å². The quantitative estimate of drug-likeness (QED) is 0.707. The second kappa shape index (κ2) is 5.16. The van der Waals surface area contributed by atoms with Gasteiger partial charge in [0.05, 0.1) is 6.61 Å². The van der Waals surface area contributed by atoms with Crippen molar-refractivity contribution >= 4 is 11.8 Å². The average molecular weight is 242 g/mol. The summed E-state index contributed by atoms with van der Waals surface area (Å²) in [5.74, 6) is 0. The minimum atomic E-state index is -1.02. The van der Waals surface area contributed by atoms with E-state index in [2.05, 4.69) is 0 Å². The molecule has 1 heterocycles. The van der Waals surface area contributed by atoms with Gasteiger partial charge in [-0.15, -0.1) is 0 Å². The lowest BCUT2D eigenvalue weighted by Crippen LogP contribution is -2.33. The molecule has 1 saturated heterocycles. The Balaban J connectivity index is 2.01. The standard InChI is InChI=1S/C11H14O4S/c12-6-8-9(13)10(14)11(15-8)16-7-4-2-1-3-5-7/h1-5,8-14H,6H2/t8-,9-,10-,11+/m1/s1. The van der Waals surface area contributed by atoms with Gasteiger partial charge in [0.2, 0.25) is 0 Å². The number of ether oxygens (including phenoxy) is 1. The Bertz CT molecular complexity index is 332. The molecule has 5 heteroatoms. The zero-order valence-corrected chi connectivity index (χ0v) is 9.38. The van der Waals surface area contributed by atoms with E-state index >= 15 is 0 Å². The number of hydrogen-bond donors (Lipinski definition) is 3. The number of hydrogen-bond acceptors (Lipinski definition) is 5. The highest BCUT2D eigenvalue weighted by molar-refractivity contribution is 7.99. The zero-order valence-electron chi connectivity index (χ0n) is 8.56. The normalized spacial score (nSPS) is 34.2. The summed E-state index contributed by atoms with van der Waals surface area (Å²) < 4.78 is 5.35. The van der Waals surface area contributed by atoms with Crippen molar-refractivity contribution in [3.8, 4) is 0 Å². The first kappa shape index (κ1) is 11.9. The van der Waals surface area contributed by atoms with Crippen molar-refractivity contribution in [3.63, 3.8) is 0 Å². The third kappa shape index (κ3) is 2.39. The van der Waals surface area contributed by atoms with Gasteiger partial charge in [0, 0.05) is 4.90 Å². The Labute approximate surface area is 97.9 Å². The summed E-state index contributed by atoms with van der Waals surface area (Å²) in [4.78, 5) is 0.956. The fourth-order valence-corrected chi connectivity index (χ4v) is 2.68. The lowest BCUT2D eigenvalue weighted by Gasteiger charge is -2.13. The molecule has 1 aliphatic rings. The van der Waals surface area contributed by atoms with Crippen LogP contribution >= 0.6 is 11.8 Å². The van der Waals surface area contributed by atoms with E-state index in [9.17, 15) is 10.2 Å². The highest BCUT2D eigenvalue weighted by Crippen LogP contribution is 2.33. The van der Waals surface area contributed by atoms with Crippen LogP contribution in [0.1, 0.15) is 0 Å². The lowest BCUT2D eigenvalue weighted by molar-refractivity contribution is -0.00808. The molecule has 0 aromatic heterocycles.